The van der Waals surface area contributed by atoms with E-state index in [0.29, 0.717) is 25.4 Å². The molecule has 3 N–H and O–H groups in total. The lowest BCUT2D eigenvalue weighted by atomic mass is 9.81. The molecule has 0 aliphatic carbocycles. The van der Waals surface area contributed by atoms with Gasteiger partial charge in [-0.05, 0) is 18.8 Å². The molecular weight excluding hydrogens is 248 g/mol. The average molecular weight is 274 g/mol. The molecular formula is C13H26N2O2S. The van der Waals surface area contributed by atoms with E-state index >= 15 is 0 Å². The van der Waals surface area contributed by atoms with Gasteiger partial charge in [0, 0.05) is 7.11 Å². The van der Waals surface area contributed by atoms with Crippen LogP contribution in [0.15, 0.2) is 0 Å². The quantitative estimate of drug-likeness (QED) is 0.663. The monoisotopic (exact) mass is 274 g/mol. The van der Waals surface area contributed by atoms with Crippen molar-refractivity contribution in [2.24, 2.45) is 17.1 Å². The molecule has 5 heteroatoms. The van der Waals surface area contributed by atoms with Crippen molar-refractivity contribution in [3.8, 4) is 0 Å². The van der Waals surface area contributed by atoms with E-state index in [9.17, 15) is 4.79 Å². The van der Waals surface area contributed by atoms with Gasteiger partial charge in [-0.1, -0.05) is 39.9 Å². The Hall–Kier alpha value is -0.680. The molecule has 1 atom stereocenters. The van der Waals surface area contributed by atoms with E-state index in [1.807, 2.05) is 27.7 Å². The van der Waals surface area contributed by atoms with Crippen LogP contribution >= 0.6 is 12.2 Å². The minimum absolute atomic E-state index is 0.0191. The van der Waals surface area contributed by atoms with Crippen LogP contribution in [-0.4, -0.2) is 30.7 Å². The molecule has 0 saturated carbocycles. The average Bonchev–Trinajstić information content (AvgIpc) is 2.30. The number of thiocarbonyl (C=S) groups is 1. The highest BCUT2D eigenvalue weighted by Crippen LogP contribution is 2.27. The summed E-state index contributed by atoms with van der Waals surface area (Å²) in [5.41, 5.74) is 5.02. The minimum atomic E-state index is -0.740. The molecule has 0 aromatic heterocycles. The number of hydrogen-bond acceptors (Lipinski definition) is 3. The number of amides is 1. The molecule has 0 radical (unpaired) electrons. The fraction of sp³-hybridized carbons (Fsp3) is 0.846. The molecule has 0 fully saturated rings. The number of methoxy groups -OCH3 is 1. The number of nitrogens with two attached hydrogens (primary N) is 1. The molecule has 18 heavy (non-hydrogen) atoms. The zero-order valence-electron chi connectivity index (χ0n) is 12.1. The Bertz CT molecular complexity index is 289. The van der Waals surface area contributed by atoms with Crippen molar-refractivity contribution >= 4 is 23.1 Å². The molecule has 1 amide bonds. The summed E-state index contributed by atoms with van der Waals surface area (Å²) in [7, 11) is 1.63. The second-order valence-electron chi connectivity index (χ2n) is 4.93. The third kappa shape index (κ3) is 3.92. The number of carbonyl (C=O) groups excluding carboxylic acids is 1. The van der Waals surface area contributed by atoms with Gasteiger partial charge < -0.3 is 15.8 Å². The molecule has 4 nitrogen and oxygen atoms in total. The van der Waals surface area contributed by atoms with Crippen molar-refractivity contribution in [2.75, 3.05) is 13.7 Å². The Morgan fingerprint density at radius 2 is 1.89 bits per heavy atom. The van der Waals surface area contributed by atoms with Gasteiger partial charge in [0.05, 0.1) is 23.1 Å². The number of hydrogen-bond donors (Lipinski definition) is 2. The molecule has 1 unspecified atom stereocenters. The largest absolute Gasteiger partial charge is 0.392 e. The molecule has 0 aliphatic rings. The Balaban J connectivity index is 4.94. The number of rotatable bonds is 8. The van der Waals surface area contributed by atoms with Crippen LogP contribution in [0, 0.1) is 11.3 Å². The fourth-order valence-electron chi connectivity index (χ4n) is 1.92. The van der Waals surface area contributed by atoms with E-state index in [0.717, 1.165) is 0 Å². The van der Waals surface area contributed by atoms with Crippen molar-refractivity contribution in [3.05, 3.63) is 0 Å². The highest BCUT2D eigenvalue weighted by atomic mass is 32.1. The van der Waals surface area contributed by atoms with Gasteiger partial charge in [0.15, 0.2) is 0 Å². The second kappa shape index (κ2) is 7.69. The first-order valence-corrected chi connectivity index (χ1v) is 6.86. The molecule has 0 spiro atoms. The summed E-state index contributed by atoms with van der Waals surface area (Å²) in [4.78, 5) is 12.7. The summed E-state index contributed by atoms with van der Waals surface area (Å²) in [6, 6.07) is -0.0191. The topological polar surface area (TPSA) is 64.3 Å². The third-order valence-corrected chi connectivity index (χ3v) is 3.97. The lowest BCUT2D eigenvalue weighted by Crippen LogP contribution is -2.53. The summed E-state index contributed by atoms with van der Waals surface area (Å²) >= 11 is 5.07. The molecule has 0 aromatic rings. The molecule has 0 rings (SSSR count). The van der Waals surface area contributed by atoms with Gasteiger partial charge in [-0.3, -0.25) is 4.79 Å². The van der Waals surface area contributed by atoms with Gasteiger partial charge in [0.1, 0.15) is 0 Å². The first kappa shape index (κ1) is 17.3. The maximum Gasteiger partial charge on any atom is 0.233 e. The maximum atomic E-state index is 12.4. The first-order valence-electron chi connectivity index (χ1n) is 6.45. The van der Waals surface area contributed by atoms with E-state index < -0.39 is 5.41 Å². The van der Waals surface area contributed by atoms with Crippen LogP contribution in [0.1, 0.15) is 40.5 Å². The minimum Gasteiger partial charge on any atom is -0.392 e. The molecule has 0 bridgehead atoms. The van der Waals surface area contributed by atoms with E-state index in [-0.39, 0.29) is 16.9 Å². The zero-order chi connectivity index (χ0) is 14.3. The van der Waals surface area contributed by atoms with Crippen molar-refractivity contribution < 1.29 is 9.53 Å². The summed E-state index contributed by atoms with van der Waals surface area (Å²) < 4.78 is 5.13. The summed E-state index contributed by atoms with van der Waals surface area (Å²) in [6.07, 6.45) is 1.23. The van der Waals surface area contributed by atoms with Crippen LogP contribution < -0.4 is 11.1 Å². The summed E-state index contributed by atoms with van der Waals surface area (Å²) in [5.74, 6) is 0.211. The van der Waals surface area contributed by atoms with Gasteiger partial charge in [-0.2, -0.15) is 0 Å². The van der Waals surface area contributed by atoms with Crippen LogP contribution in [0.5, 0.6) is 0 Å². The van der Waals surface area contributed by atoms with Crippen LogP contribution in [0.4, 0.5) is 0 Å². The predicted octanol–water partition coefficient (Wildman–Crippen LogP) is 1.87. The second-order valence-corrected chi connectivity index (χ2v) is 5.37. The normalized spacial score (nSPS) is 13.4. The molecule has 0 heterocycles. The Morgan fingerprint density at radius 3 is 2.17 bits per heavy atom. The highest BCUT2D eigenvalue weighted by Gasteiger charge is 2.39. The zero-order valence-corrected chi connectivity index (χ0v) is 12.9. The van der Waals surface area contributed by atoms with Gasteiger partial charge >= 0.3 is 0 Å². The van der Waals surface area contributed by atoms with Crippen molar-refractivity contribution in [2.45, 2.75) is 46.6 Å². The van der Waals surface area contributed by atoms with Crippen molar-refractivity contribution in [1.82, 2.24) is 5.32 Å². The van der Waals surface area contributed by atoms with E-state index in [1.165, 1.54) is 0 Å². The smallest absolute Gasteiger partial charge is 0.233 e. The molecule has 0 aromatic carbocycles. The molecule has 106 valence electrons. The van der Waals surface area contributed by atoms with Crippen LogP contribution in [0.2, 0.25) is 0 Å². The Labute approximate surface area is 116 Å². The predicted molar refractivity (Wildman–Crippen MR) is 78.4 cm³/mol. The SMILES string of the molecule is CCC(CC)(C(=O)NC(COC)C(C)C)C(N)=S. The van der Waals surface area contributed by atoms with E-state index in [2.05, 4.69) is 5.32 Å². The van der Waals surface area contributed by atoms with Gasteiger partial charge in [0.25, 0.3) is 0 Å². The molecule has 0 aliphatic heterocycles. The Morgan fingerprint density at radius 1 is 1.39 bits per heavy atom. The van der Waals surface area contributed by atoms with Crippen molar-refractivity contribution in [1.29, 1.82) is 0 Å². The fourth-order valence-corrected chi connectivity index (χ4v) is 2.30. The van der Waals surface area contributed by atoms with Crippen LogP contribution in [0.25, 0.3) is 0 Å². The van der Waals surface area contributed by atoms with Crippen LogP contribution in [0.3, 0.4) is 0 Å². The summed E-state index contributed by atoms with van der Waals surface area (Å²) in [5, 5.41) is 3.01. The molecule has 0 saturated heterocycles. The highest BCUT2D eigenvalue weighted by molar-refractivity contribution is 7.80. The summed E-state index contributed by atoms with van der Waals surface area (Å²) in [6.45, 7) is 8.45. The lowest BCUT2D eigenvalue weighted by Gasteiger charge is -2.32. The number of ether oxygens (including phenoxy) is 1. The maximum absolute atomic E-state index is 12.4. The van der Waals surface area contributed by atoms with Crippen molar-refractivity contribution in [3.63, 3.8) is 0 Å². The van der Waals surface area contributed by atoms with Gasteiger partial charge in [-0.25, -0.2) is 0 Å². The van der Waals surface area contributed by atoms with Gasteiger partial charge in [-0.15, -0.1) is 0 Å². The first-order chi connectivity index (χ1) is 8.35. The van der Waals surface area contributed by atoms with E-state index in [1.54, 1.807) is 7.11 Å². The van der Waals surface area contributed by atoms with Gasteiger partial charge in [0.2, 0.25) is 5.91 Å². The number of nitrogens with one attached hydrogen (secondary N) is 1. The Kier molecular flexibility index (Phi) is 7.40. The number of carbonyl (C=O) groups is 1. The van der Waals surface area contributed by atoms with Crippen LogP contribution in [-0.2, 0) is 9.53 Å². The lowest BCUT2D eigenvalue weighted by molar-refractivity contribution is -0.129. The standard InChI is InChI=1S/C13H26N2O2S/c1-6-13(7-2,11(14)18)12(16)15-10(8-17-5)9(3)4/h9-10H,6-8H2,1-5H3,(H2,14,18)(H,15,16). The third-order valence-electron chi connectivity index (χ3n) is 3.58. The van der Waals surface area contributed by atoms with E-state index in [4.69, 9.17) is 22.7 Å².